The Morgan fingerprint density at radius 1 is 1.40 bits per heavy atom. The summed E-state index contributed by atoms with van der Waals surface area (Å²) in [5, 5.41) is 5.33. The lowest BCUT2D eigenvalue weighted by Crippen LogP contribution is -2.41. The van der Waals surface area contributed by atoms with Crippen molar-refractivity contribution in [2.75, 3.05) is 6.61 Å². The van der Waals surface area contributed by atoms with Crippen molar-refractivity contribution in [3.63, 3.8) is 0 Å². The fraction of sp³-hybridized carbons (Fsp3) is 0.412. The van der Waals surface area contributed by atoms with Gasteiger partial charge in [0.15, 0.2) is 9.84 Å². The van der Waals surface area contributed by atoms with E-state index in [0.717, 1.165) is 5.56 Å². The molecular formula is C17H20N2O5S. The first-order valence-corrected chi connectivity index (χ1v) is 9.74. The number of rotatable bonds is 5. The van der Waals surface area contributed by atoms with Crippen LogP contribution in [0.15, 0.2) is 34.9 Å². The van der Waals surface area contributed by atoms with E-state index in [2.05, 4.69) is 10.5 Å². The third-order valence-electron chi connectivity index (χ3n) is 4.21. The van der Waals surface area contributed by atoms with Gasteiger partial charge in [-0.1, -0.05) is 23.4 Å². The number of benzene rings is 1. The Kier molecular flexibility index (Phi) is 4.80. The maximum Gasteiger partial charge on any atom is 0.238 e. The second-order valence-electron chi connectivity index (χ2n) is 6.11. The molecule has 7 nitrogen and oxygen atoms in total. The lowest BCUT2D eigenvalue weighted by molar-refractivity contribution is -0.121. The number of aryl methyl sites for hydroxylation is 1. The highest BCUT2D eigenvalue weighted by atomic mass is 32.2. The molecule has 0 unspecified atom stereocenters. The Hall–Kier alpha value is -2.35. The minimum atomic E-state index is -3.69. The quantitative estimate of drug-likeness (QED) is 0.870. The van der Waals surface area contributed by atoms with Gasteiger partial charge in [-0.2, -0.15) is 0 Å². The predicted octanol–water partition coefficient (Wildman–Crippen LogP) is 1.93. The monoisotopic (exact) mass is 364 g/mol. The molecule has 1 aromatic heterocycles. The summed E-state index contributed by atoms with van der Waals surface area (Å²) >= 11 is 0. The number of amides is 1. The van der Waals surface area contributed by atoms with Crippen LogP contribution in [0.3, 0.4) is 0 Å². The molecule has 2 heterocycles. The van der Waals surface area contributed by atoms with Crippen molar-refractivity contribution >= 4 is 15.7 Å². The highest BCUT2D eigenvalue weighted by molar-refractivity contribution is 7.92. The zero-order valence-corrected chi connectivity index (χ0v) is 14.9. The van der Waals surface area contributed by atoms with Crippen LogP contribution in [0.25, 0.3) is 0 Å². The van der Waals surface area contributed by atoms with E-state index in [1.165, 1.54) is 6.92 Å². The standard InChI is InChI=1S/C17H20N2O5S/c1-11-9-13(19-24-11)10-25(21,22)12(2)17(20)18-15-7-8-23-16-6-4-3-5-14(15)16/h3-6,9,12,15H,7-8,10H2,1-2H3,(H,18,20)/t12-,15+/m0/s1. The normalized spacial score (nSPS) is 18.1. The maximum atomic E-state index is 12.5. The molecule has 0 bridgehead atoms. The summed E-state index contributed by atoms with van der Waals surface area (Å²) < 4.78 is 35.4. The van der Waals surface area contributed by atoms with E-state index in [1.54, 1.807) is 13.0 Å². The number of nitrogens with zero attached hydrogens (tertiary/aromatic N) is 1. The molecule has 1 N–H and O–H groups in total. The molecule has 3 rings (SSSR count). The van der Waals surface area contributed by atoms with Crippen molar-refractivity contribution < 1.29 is 22.5 Å². The highest BCUT2D eigenvalue weighted by Crippen LogP contribution is 2.31. The largest absolute Gasteiger partial charge is 0.493 e. The van der Waals surface area contributed by atoms with Gasteiger partial charge in [-0.15, -0.1) is 0 Å². The van der Waals surface area contributed by atoms with E-state index in [0.29, 0.717) is 30.2 Å². The van der Waals surface area contributed by atoms with Gasteiger partial charge in [0.1, 0.15) is 16.8 Å². The smallest absolute Gasteiger partial charge is 0.238 e. The highest BCUT2D eigenvalue weighted by Gasteiger charge is 2.32. The average molecular weight is 364 g/mol. The molecule has 0 aliphatic carbocycles. The Balaban J connectivity index is 1.71. The van der Waals surface area contributed by atoms with Gasteiger partial charge in [-0.3, -0.25) is 4.79 Å². The van der Waals surface area contributed by atoms with E-state index in [9.17, 15) is 13.2 Å². The molecule has 0 saturated heterocycles. The van der Waals surface area contributed by atoms with Crippen LogP contribution in [0.1, 0.15) is 36.4 Å². The molecule has 0 saturated carbocycles. The van der Waals surface area contributed by atoms with Crippen LogP contribution in [0, 0.1) is 6.92 Å². The number of hydrogen-bond acceptors (Lipinski definition) is 6. The first kappa shape index (κ1) is 17.5. The average Bonchev–Trinajstić information content (AvgIpc) is 2.98. The number of carbonyl (C=O) groups is 1. The minimum absolute atomic E-state index is 0.260. The number of aromatic nitrogens is 1. The summed E-state index contributed by atoms with van der Waals surface area (Å²) in [5.74, 6) is 0.388. The molecule has 25 heavy (non-hydrogen) atoms. The molecule has 8 heteroatoms. The molecular weight excluding hydrogens is 344 g/mol. The molecule has 1 aliphatic heterocycles. The number of ether oxygens (including phenoxy) is 1. The molecule has 1 amide bonds. The van der Waals surface area contributed by atoms with E-state index < -0.39 is 21.0 Å². The lowest BCUT2D eigenvalue weighted by Gasteiger charge is -2.27. The molecule has 1 aliphatic rings. The fourth-order valence-corrected chi connectivity index (χ4v) is 3.95. The summed E-state index contributed by atoms with van der Waals surface area (Å²) in [6, 6.07) is 8.72. The van der Waals surface area contributed by atoms with Crippen LogP contribution in [-0.2, 0) is 20.4 Å². The van der Waals surface area contributed by atoms with Crippen molar-refractivity contribution in [3.05, 3.63) is 47.3 Å². The summed E-state index contributed by atoms with van der Waals surface area (Å²) in [7, 11) is -3.69. The lowest BCUT2D eigenvalue weighted by atomic mass is 10.0. The molecule has 0 radical (unpaired) electrons. The Morgan fingerprint density at radius 2 is 2.16 bits per heavy atom. The summed E-state index contributed by atoms with van der Waals surface area (Å²) in [5.41, 5.74) is 1.16. The fourth-order valence-electron chi connectivity index (χ4n) is 2.76. The second kappa shape index (κ2) is 6.87. The van der Waals surface area contributed by atoms with Gasteiger partial charge in [-0.25, -0.2) is 8.42 Å². The van der Waals surface area contributed by atoms with Crippen LogP contribution < -0.4 is 10.1 Å². The first-order chi connectivity index (χ1) is 11.9. The summed E-state index contributed by atoms with van der Waals surface area (Å²) in [6.45, 7) is 3.55. The van der Waals surface area contributed by atoms with Gasteiger partial charge < -0.3 is 14.6 Å². The topological polar surface area (TPSA) is 98.5 Å². The van der Waals surface area contributed by atoms with E-state index >= 15 is 0 Å². The summed E-state index contributed by atoms with van der Waals surface area (Å²) in [4.78, 5) is 12.5. The van der Waals surface area contributed by atoms with Crippen molar-refractivity contribution in [1.82, 2.24) is 10.5 Å². The number of hydrogen-bond donors (Lipinski definition) is 1. The number of nitrogens with one attached hydrogen (secondary N) is 1. The van der Waals surface area contributed by atoms with E-state index in [1.807, 2.05) is 24.3 Å². The molecule has 2 aromatic rings. The van der Waals surface area contributed by atoms with Crippen molar-refractivity contribution in [2.45, 2.75) is 37.3 Å². The van der Waals surface area contributed by atoms with Crippen LogP contribution in [0.2, 0.25) is 0 Å². The van der Waals surface area contributed by atoms with E-state index in [-0.39, 0.29) is 11.8 Å². The number of sulfone groups is 1. The molecule has 2 atom stereocenters. The number of para-hydroxylation sites is 1. The second-order valence-corrected chi connectivity index (χ2v) is 8.44. The van der Waals surface area contributed by atoms with Crippen molar-refractivity contribution in [2.24, 2.45) is 0 Å². The zero-order chi connectivity index (χ0) is 18.0. The minimum Gasteiger partial charge on any atom is -0.493 e. The maximum absolute atomic E-state index is 12.5. The van der Waals surface area contributed by atoms with Crippen LogP contribution >= 0.6 is 0 Å². The molecule has 0 fully saturated rings. The molecule has 1 aromatic carbocycles. The van der Waals surface area contributed by atoms with Gasteiger partial charge in [0, 0.05) is 18.1 Å². The van der Waals surface area contributed by atoms with Crippen molar-refractivity contribution in [1.29, 1.82) is 0 Å². The van der Waals surface area contributed by atoms with Crippen LogP contribution in [0.4, 0.5) is 0 Å². The number of carbonyl (C=O) groups excluding carboxylic acids is 1. The van der Waals surface area contributed by atoms with Gasteiger partial charge in [0.05, 0.1) is 24.1 Å². The van der Waals surface area contributed by atoms with Gasteiger partial charge in [0.2, 0.25) is 5.91 Å². The van der Waals surface area contributed by atoms with E-state index in [4.69, 9.17) is 9.26 Å². The van der Waals surface area contributed by atoms with Gasteiger partial charge >= 0.3 is 0 Å². The Bertz CT molecular complexity index is 875. The Labute approximate surface area is 146 Å². The molecule has 134 valence electrons. The van der Waals surface area contributed by atoms with Gasteiger partial charge in [0.25, 0.3) is 0 Å². The van der Waals surface area contributed by atoms with Crippen LogP contribution in [0.5, 0.6) is 5.75 Å². The third kappa shape index (κ3) is 3.84. The summed E-state index contributed by atoms with van der Waals surface area (Å²) in [6.07, 6.45) is 0.595. The predicted molar refractivity (Wildman–Crippen MR) is 90.8 cm³/mol. The SMILES string of the molecule is Cc1cc(CS(=O)(=O)[C@@H](C)C(=O)N[C@@H]2CCOc3ccccc32)no1. The van der Waals surface area contributed by atoms with Crippen molar-refractivity contribution in [3.8, 4) is 5.75 Å². The van der Waals surface area contributed by atoms with Crippen LogP contribution in [-0.4, -0.2) is 31.3 Å². The molecule has 0 spiro atoms. The number of fused-ring (bicyclic) bond motifs is 1. The Morgan fingerprint density at radius 3 is 2.88 bits per heavy atom. The van der Waals surface area contributed by atoms with Gasteiger partial charge in [-0.05, 0) is 19.9 Å². The third-order valence-corrected chi connectivity index (χ3v) is 6.20. The zero-order valence-electron chi connectivity index (χ0n) is 14.1. The first-order valence-electron chi connectivity index (χ1n) is 8.02.